The maximum absolute atomic E-state index is 12.8. The van der Waals surface area contributed by atoms with Crippen molar-refractivity contribution in [2.24, 2.45) is 0 Å². The third-order valence-electron chi connectivity index (χ3n) is 4.78. The summed E-state index contributed by atoms with van der Waals surface area (Å²) in [7, 11) is 0. The molecular weight excluding hydrogens is 334 g/mol. The van der Waals surface area contributed by atoms with Gasteiger partial charge in [0.15, 0.2) is 11.3 Å². The molecular formula is C19H21N3O4. The minimum atomic E-state index is -1.30. The summed E-state index contributed by atoms with van der Waals surface area (Å²) in [5.74, 6) is -0.471. The number of nitrogens with zero attached hydrogens (tertiary/aromatic N) is 2. The number of furan rings is 1. The number of imide groups is 1. The van der Waals surface area contributed by atoms with Crippen LogP contribution in [0.2, 0.25) is 0 Å². The number of urea groups is 1. The Morgan fingerprint density at radius 1 is 1.38 bits per heavy atom. The van der Waals surface area contributed by atoms with Crippen LogP contribution in [-0.4, -0.2) is 33.7 Å². The van der Waals surface area contributed by atoms with Crippen LogP contribution in [0.25, 0.3) is 0 Å². The average molecular weight is 355 g/mol. The van der Waals surface area contributed by atoms with E-state index >= 15 is 0 Å². The van der Waals surface area contributed by atoms with Gasteiger partial charge in [0.05, 0.1) is 12.8 Å². The molecule has 0 bridgehead atoms. The molecule has 3 heterocycles. The van der Waals surface area contributed by atoms with E-state index < -0.39 is 17.5 Å². The Bertz CT molecular complexity index is 894. The lowest BCUT2D eigenvalue weighted by molar-refractivity contribution is -0.131. The van der Waals surface area contributed by atoms with Gasteiger partial charge in [0.25, 0.3) is 5.91 Å². The monoisotopic (exact) mass is 355 g/mol. The van der Waals surface area contributed by atoms with Crippen LogP contribution in [0.4, 0.5) is 4.79 Å². The van der Waals surface area contributed by atoms with Gasteiger partial charge in [-0.2, -0.15) is 0 Å². The molecule has 0 aliphatic carbocycles. The second kappa shape index (κ2) is 6.33. The van der Waals surface area contributed by atoms with Crippen molar-refractivity contribution in [3.63, 3.8) is 0 Å². The van der Waals surface area contributed by atoms with Crippen LogP contribution < -0.4 is 5.32 Å². The topological polar surface area (TPSA) is 84.6 Å². The van der Waals surface area contributed by atoms with Crippen LogP contribution in [0.15, 0.2) is 41.5 Å². The summed E-state index contributed by atoms with van der Waals surface area (Å²) >= 11 is 0. The van der Waals surface area contributed by atoms with Crippen LogP contribution in [-0.2, 0) is 16.9 Å². The van der Waals surface area contributed by atoms with E-state index in [1.807, 2.05) is 18.4 Å². The quantitative estimate of drug-likeness (QED) is 0.490. The summed E-state index contributed by atoms with van der Waals surface area (Å²) in [6.07, 6.45) is 3.18. The van der Waals surface area contributed by atoms with E-state index in [0.717, 1.165) is 16.3 Å². The molecule has 2 aromatic heterocycles. The van der Waals surface area contributed by atoms with Crippen molar-refractivity contribution in [1.82, 2.24) is 14.8 Å². The van der Waals surface area contributed by atoms with E-state index in [9.17, 15) is 14.4 Å². The Kier molecular flexibility index (Phi) is 4.31. The molecule has 0 spiro atoms. The number of Topliss-reactive ketones (excluding diaryl/α,β-unsaturated/α-hetero) is 1. The summed E-state index contributed by atoms with van der Waals surface area (Å²) in [6.45, 7) is 9.28. The molecule has 0 radical (unpaired) electrons. The van der Waals surface area contributed by atoms with Crippen molar-refractivity contribution in [2.45, 2.75) is 32.9 Å². The third-order valence-corrected chi connectivity index (χ3v) is 4.78. The van der Waals surface area contributed by atoms with Gasteiger partial charge in [0.1, 0.15) is 5.76 Å². The Hall–Kier alpha value is -3.09. The van der Waals surface area contributed by atoms with Gasteiger partial charge in [0.2, 0.25) is 0 Å². The molecule has 1 aliphatic heterocycles. The molecule has 1 saturated heterocycles. The number of aryl methyl sites for hydroxylation is 1. The van der Waals surface area contributed by atoms with Crippen molar-refractivity contribution in [3.05, 3.63) is 59.8 Å². The minimum Gasteiger partial charge on any atom is -0.466 e. The van der Waals surface area contributed by atoms with Gasteiger partial charge in [-0.25, -0.2) is 4.79 Å². The number of nitrogens with one attached hydrogen (secondary N) is 1. The van der Waals surface area contributed by atoms with Gasteiger partial charge in [-0.15, -0.1) is 6.58 Å². The fourth-order valence-electron chi connectivity index (χ4n) is 3.29. The highest BCUT2D eigenvalue weighted by Gasteiger charge is 2.51. The van der Waals surface area contributed by atoms with E-state index in [0.29, 0.717) is 17.9 Å². The smallest absolute Gasteiger partial charge is 0.325 e. The second-order valence-electron chi connectivity index (χ2n) is 6.53. The molecule has 1 aliphatic rings. The van der Waals surface area contributed by atoms with Crippen LogP contribution in [0.5, 0.6) is 0 Å². The number of aromatic nitrogens is 1. The molecule has 0 unspecified atom stereocenters. The van der Waals surface area contributed by atoms with Gasteiger partial charge in [-0.1, -0.05) is 6.08 Å². The fourth-order valence-corrected chi connectivity index (χ4v) is 3.29. The van der Waals surface area contributed by atoms with E-state index in [-0.39, 0.29) is 12.3 Å². The van der Waals surface area contributed by atoms with E-state index in [2.05, 4.69) is 11.9 Å². The highest BCUT2D eigenvalue weighted by molar-refractivity contribution is 6.11. The lowest BCUT2D eigenvalue weighted by Crippen LogP contribution is -2.41. The number of hydrogen-bond donors (Lipinski definition) is 1. The van der Waals surface area contributed by atoms with Crippen molar-refractivity contribution < 1.29 is 18.8 Å². The molecule has 0 aromatic carbocycles. The molecule has 7 nitrogen and oxygen atoms in total. The van der Waals surface area contributed by atoms with Gasteiger partial charge in [-0.3, -0.25) is 14.5 Å². The Morgan fingerprint density at radius 2 is 2.12 bits per heavy atom. The second-order valence-corrected chi connectivity index (χ2v) is 6.53. The van der Waals surface area contributed by atoms with E-state index in [1.165, 1.54) is 6.26 Å². The number of rotatable bonds is 6. The number of allylic oxidation sites excluding steroid dienone is 1. The van der Waals surface area contributed by atoms with Gasteiger partial charge in [0, 0.05) is 23.5 Å². The van der Waals surface area contributed by atoms with Crippen LogP contribution in [0.3, 0.4) is 0 Å². The summed E-state index contributed by atoms with van der Waals surface area (Å²) in [4.78, 5) is 38.8. The summed E-state index contributed by atoms with van der Waals surface area (Å²) < 4.78 is 7.24. The Labute approximate surface area is 151 Å². The largest absolute Gasteiger partial charge is 0.466 e. The van der Waals surface area contributed by atoms with E-state index in [4.69, 9.17) is 4.42 Å². The maximum atomic E-state index is 12.8. The molecule has 2 aromatic rings. The molecule has 136 valence electrons. The number of carbonyl (C=O) groups is 3. The van der Waals surface area contributed by atoms with Crippen molar-refractivity contribution in [3.8, 4) is 0 Å². The SMILES string of the molecule is C=CCn1c(C)cc(C(=O)CN2C(=O)N[C@@](C)(c3ccco3)C2=O)c1C. The lowest BCUT2D eigenvalue weighted by Gasteiger charge is -2.18. The molecule has 1 N–H and O–H groups in total. The van der Waals surface area contributed by atoms with Crippen LogP contribution in [0.1, 0.15) is 34.4 Å². The van der Waals surface area contributed by atoms with Gasteiger partial charge in [-0.05, 0) is 39.0 Å². The first-order valence-electron chi connectivity index (χ1n) is 8.28. The Morgan fingerprint density at radius 3 is 2.73 bits per heavy atom. The average Bonchev–Trinajstić information content (AvgIpc) is 3.27. The first-order valence-corrected chi connectivity index (χ1v) is 8.28. The molecule has 3 amide bonds. The fraction of sp³-hybridized carbons (Fsp3) is 0.316. The van der Waals surface area contributed by atoms with Crippen molar-refractivity contribution in [1.29, 1.82) is 0 Å². The molecule has 7 heteroatoms. The van der Waals surface area contributed by atoms with Crippen LogP contribution in [0, 0.1) is 13.8 Å². The predicted octanol–water partition coefficient (Wildman–Crippen LogP) is 2.53. The molecule has 1 fully saturated rings. The normalized spacial score (nSPS) is 19.7. The number of ketones is 1. The highest BCUT2D eigenvalue weighted by atomic mass is 16.3. The van der Waals surface area contributed by atoms with Crippen LogP contribution >= 0.6 is 0 Å². The summed E-state index contributed by atoms with van der Waals surface area (Å²) in [5.41, 5.74) is 0.897. The zero-order chi connectivity index (χ0) is 19.1. The third kappa shape index (κ3) is 2.65. The maximum Gasteiger partial charge on any atom is 0.325 e. The van der Waals surface area contributed by atoms with Crippen molar-refractivity contribution in [2.75, 3.05) is 6.54 Å². The molecule has 1 atom stereocenters. The highest BCUT2D eigenvalue weighted by Crippen LogP contribution is 2.29. The van der Waals surface area contributed by atoms with Gasteiger partial charge < -0.3 is 14.3 Å². The molecule has 26 heavy (non-hydrogen) atoms. The number of amides is 3. The minimum absolute atomic E-state index is 0.291. The zero-order valence-corrected chi connectivity index (χ0v) is 15.0. The lowest BCUT2D eigenvalue weighted by atomic mass is 9.99. The van der Waals surface area contributed by atoms with Gasteiger partial charge >= 0.3 is 6.03 Å². The number of hydrogen-bond acceptors (Lipinski definition) is 4. The summed E-state index contributed by atoms with van der Waals surface area (Å²) in [5, 5.41) is 2.61. The Balaban J connectivity index is 1.84. The predicted molar refractivity (Wildman–Crippen MR) is 94.7 cm³/mol. The summed E-state index contributed by atoms with van der Waals surface area (Å²) in [6, 6.07) is 4.42. The number of carbonyl (C=O) groups excluding carboxylic acids is 3. The first kappa shape index (κ1) is 17.7. The van der Waals surface area contributed by atoms with E-state index in [1.54, 1.807) is 31.2 Å². The molecule has 3 rings (SSSR count). The van der Waals surface area contributed by atoms with Crippen molar-refractivity contribution >= 4 is 17.7 Å². The zero-order valence-electron chi connectivity index (χ0n) is 15.0. The first-order chi connectivity index (χ1) is 12.3. The molecule has 0 saturated carbocycles. The standard InChI is InChI=1S/C19H21N3O4/c1-5-8-21-12(2)10-14(13(21)3)15(23)11-22-17(24)19(4,20-18(22)25)16-7-6-9-26-16/h5-7,9-10H,1,8,11H2,2-4H3,(H,20,25)/t19-/m0/s1.